The van der Waals surface area contributed by atoms with Gasteiger partial charge in [0, 0.05) is 0 Å². The Labute approximate surface area is 53.4 Å². The third kappa shape index (κ3) is 2.25. The van der Waals surface area contributed by atoms with E-state index in [9.17, 15) is 0 Å². The fourth-order valence-corrected chi connectivity index (χ4v) is 3.23. The Balaban J connectivity index is 0.000000250. The average Bonchev–Trinajstić information content (AvgIpc) is 1.76. The predicted octanol–water partition coefficient (Wildman–Crippen LogP) is 1.16. The summed E-state index contributed by atoms with van der Waals surface area (Å²) < 4.78 is 3.02. The summed E-state index contributed by atoms with van der Waals surface area (Å²) >= 11 is 0.0800. The summed E-state index contributed by atoms with van der Waals surface area (Å²) in [5.74, 6) is 0. The van der Waals surface area contributed by atoms with E-state index in [0.29, 0.717) is 0 Å². The molecule has 1 rings (SSSR count). The van der Waals surface area contributed by atoms with Gasteiger partial charge in [-0.05, 0) is 0 Å². The van der Waals surface area contributed by atoms with Gasteiger partial charge in [0.2, 0.25) is 0 Å². The summed E-state index contributed by atoms with van der Waals surface area (Å²) in [6.45, 7) is 0. The van der Waals surface area contributed by atoms with Crippen molar-refractivity contribution in [1.29, 1.82) is 0 Å². The van der Waals surface area contributed by atoms with Crippen LogP contribution in [0.15, 0.2) is 12.2 Å². The molecule has 1 heterocycles. The van der Waals surface area contributed by atoms with Crippen LogP contribution >= 0.6 is 9.90 Å². The number of rotatable bonds is 0. The number of allylic oxidation sites excluding steroid dienone is 2. The van der Waals surface area contributed by atoms with Gasteiger partial charge in [-0.1, -0.05) is 0 Å². The molecule has 0 saturated carbocycles. The minimum Gasteiger partial charge on any atom is -0.153 e. The Kier molecular flexibility index (Phi) is 4.93. The zero-order chi connectivity index (χ0) is 3.54. The van der Waals surface area contributed by atoms with Crippen LogP contribution < -0.4 is 0 Å². The normalized spacial score (nSPS) is 16.0. The SMILES string of the molecule is C1=C[CH2][In][CH2]1.P. The zero-order valence-corrected chi connectivity index (χ0v) is 8.56. The van der Waals surface area contributed by atoms with E-state index in [4.69, 9.17) is 0 Å². The molecule has 0 amide bonds. The third-order valence-corrected chi connectivity index (χ3v) is 4.23. The van der Waals surface area contributed by atoms with Gasteiger partial charge >= 0.3 is 43.4 Å². The van der Waals surface area contributed by atoms with Gasteiger partial charge in [-0.2, -0.15) is 9.90 Å². The molecule has 6 heavy (non-hydrogen) atoms. The first-order chi connectivity index (χ1) is 2.50. The van der Waals surface area contributed by atoms with Crippen LogP contribution in [0.1, 0.15) is 0 Å². The molecule has 0 aromatic carbocycles. The van der Waals surface area contributed by atoms with Crippen molar-refractivity contribution in [1.82, 2.24) is 0 Å². The molecule has 2 heteroatoms. The van der Waals surface area contributed by atoms with Crippen LogP contribution in [0.3, 0.4) is 0 Å². The van der Waals surface area contributed by atoms with Gasteiger partial charge in [-0.15, -0.1) is 0 Å². The molecule has 0 aliphatic carbocycles. The van der Waals surface area contributed by atoms with Gasteiger partial charge in [-0.25, -0.2) is 0 Å². The van der Waals surface area contributed by atoms with Gasteiger partial charge < -0.3 is 0 Å². The maximum Gasteiger partial charge on any atom is -0.153 e. The summed E-state index contributed by atoms with van der Waals surface area (Å²) in [5, 5.41) is 0. The molecule has 0 fully saturated rings. The van der Waals surface area contributed by atoms with Crippen molar-refractivity contribution in [2.75, 3.05) is 0 Å². The van der Waals surface area contributed by atoms with Gasteiger partial charge in [0.05, 0.1) is 0 Å². The molecular formula is C4H9InP. The van der Waals surface area contributed by atoms with Gasteiger partial charge in [0.1, 0.15) is 0 Å². The summed E-state index contributed by atoms with van der Waals surface area (Å²) in [4.78, 5) is 0. The summed E-state index contributed by atoms with van der Waals surface area (Å²) in [7, 11) is 0. The van der Waals surface area contributed by atoms with Crippen molar-refractivity contribution in [3.63, 3.8) is 0 Å². The van der Waals surface area contributed by atoms with Crippen molar-refractivity contribution in [2.45, 2.75) is 8.35 Å². The summed E-state index contributed by atoms with van der Waals surface area (Å²) in [5.41, 5.74) is 0. The van der Waals surface area contributed by atoms with E-state index in [1.54, 1.807) is 0 Å². The van der Waals surface area contributed by atoms with Gasteiger partial charge in [0.25, 0.3) is 0 Å². The molecule has 1 radical (unpaired) electrons. The predicted molar refractivity (Wildman–Crippen MR) is 35.6 cm³/mol. The van der Waals surface area contributed by atoms with Gasteiger partial charge in [-0.3, -0.25) is 0 Å². The molecule has 0 N–H and O–H groups in total. The zero-order valence-electron chi connectivity index (χ0n) is 3.85. The molecule has 0 aromatic heterocycles. The molecule has 1 atom stereocenters. The number of hydrogen-bond donors (Lipinski definition) is 0. The second kappa shape index (κ2) is 4.21. The molecule has 33 valence electrons. The topological polar surface area (TPSA) is 0 Å². The van der Waals surface area contributed by atoms with Crippen LogP contribution in [-0.2, 0) is 0 Å². The van der Waals surface area contributed by atoms with Crippen LogP contribution in [0.25, 0.3) is 0 Å². The van der Waals surface area contributed by atoms with Gasteiger partial charge in [0.15, 0.2) is 0 Å². The quantitative estimate of drug-likeness (QED) is 0.409. The summed E-state index contributed by atoms with van der Waals surface area (Å²) in [6, 6.07) is 0. The monoisotopic (exact) mass is 203 g/mol. The molecule has 0 spiro atoms. The van der Waals surface area contributed by atoms with Crippen molar-refractivity contribution < 1.29 is 0 Å². The first kappa shape index (κ1) is 7.04. The minimum atomic E-state index is 0. The number of hydrogen-bond acceptors (Lipinski definition) is 0. The Morgan fingerprint density at radius 1 is 1.17 bits per heavy atom. The van der Waals surface area contributed by atoms with E-state index in [-0.39, 0.29) is 32.8 Å². The van der Waals surface area contributed by atoms with E-state index in [1.165, 1.54) is 8.35 Å². The molecule has 0 bridgehead atoms. The maximum absolute atomic E-state index is 2.32. The van der Waals surface area contributed by atoms with Crippen molar-refractivity contribution >= 4 is 32.8 Å². The maximum atomic E-state index is 2.32. The Bertz CT molecular complexity index is 45.5. The standard InChI is InChI=1S/C4H6.In.H3P/c1-3-4-2;;/h3-4H,1-2H2;;1H3. The molecular weight excluding hydrogens is 194 g/mol. The Morgan fingerprint density at radius 3 is 1.83 bits per heavy atom. The second-order valence-corrected chi connectivity index (χ2v) is 5.57. The van der Waals surface area contributed by atoms with E-state index in [0.717, 1.165) is 0 Å². The molecule has 0 aromatic rings. The molecule has 1 unspecified atom stereocenters. The largest absolute Gasteiger partial charge is 0.153 e. The second-order valence-electron chi connectivity index (χ2n) is 1.23. The molecule has 0 nitrogen and oxygen atoms in total. The van der Waals surface area contributed by atoms with Crippen LogP contribution in [0, 0.1) is 0 Å². The third-order valence-electron chi connectivity index (χ3n) is 0.772. The fraction of sp³-hybridized carbons (Fsp3) is 0.500. The van der Waals surface area contributed by atoms with Crippen LogP contribution in [0.5, 0.6) is 0 Å². The Morgan fingerprint density at radius 2 is 1.67 bits per heavy atom. The minimum absolute atomic E-state index is 0. The Hall–Kier alpha value is 1.04. The van der Waals surface area contributed by atoms with E-state index in [2.05, 4.69) is 12.2 Å². The fourth-order valence-electron chi connectivity index (χ4n) is 0.481. The average molecular weight is 203 g/mol. The molecule has 1 aliphatic rings. The molecule has 0 saturated heterocycles. The van der Waals surface area contributed by atoms with E-state index in [1.807, 2.05) is 0 Å². The van der Waals surface area contributed by atoms with Crippen molar-refractivity contribution in [3.8, 4) is 0 Å². The first-order valence-electron chi connectivity index (χ1n) is 1.97. The van der Waals surface area contributed by atoms with Crippen LogP contribution in [0.2, 0.25) is 8.35 Å². The smallest absolute Gasteiger partial charge is 0.153 e. The van der Waals surface area contributed by atoms with Crippen LogP contribution in [-0.4, -0.2) is 22.9 Å². The molecule has 1 aliphatic heterocycles. The van der Waals surface area contributed by atoms with Crippen LogP contribution in [0.4, 0.5) is 0 Å². The van der Waals surface area contributed by atoms with E-state index >= 15 is 0 Å². The summed E-state index contributed by atoms with van der Waals surface area (Å²) in [6.07, 6.45) is 4.64. The first-order valence-corrected chi connectivity index (χ1v) is 6.63. The van der Waals surface area contributed by atoms with Crippen molar-refractivity contribution in [3.05, 3.63) is 12.2 Å². The van der Waals surface area contributed by atoms with Crippen molar-refractivity contribution in [2.24, 2.45) is 0 Å². The van der Waals surface area contributed by atoms with E-state index < -0.39 is 0 Å².